The lowest BCUT2D eigenvalue weighted by atomic mass is 9.86. The van der Waals surface area contributed by atoms with Gasteiger partial charge in [-0.3, -0.25) is 4.79 Å². The third-order valence-electron chi connectivity index (χ3n) is 3.60. The van der Waals surface area contributed by atoms with Gasteiger partial charge in [-0.1, -0.05) is 39.0 Å². The van der Waals surface area contributed by atoms with Crippen molar-refractivity contribution < 1.29 is 14.3 Å². The van der Waals surface area contributed by atoms with Crippen molar-refractivity contribution in [1.29, 1.82) is 0 Å². The zero-order valence-corrected chi connectivity index (χ0v) is 13.1. The van der Waals surface area contributed by atoms with E-state index >= 15 is 0 Å². The summed E-state index contributed by atoms with van der Waals surface area (Å²) >= 11 is 0. The van der Waals surface area contributed by atoms with E-state index in [9.17, 15) is 4.79 Å². The maximum absolute atomic E-state index is 11.8. The number of ether oxygens (including phenoxy) is 2. The van der Waals surface area contributed by atoms with Gasteiger partial charge in [-0.25, -0.2) is 0 Å². The molecule has 0 unspecified atom stereocenters. The van der Waals surface area contributed by atoms with Crippen LogP contribution in [0.2, 0.25) is 0 Å². The van der Waals surface area contributed by atoms with E-state index in [1.807, 2.05) is 24.3 Å². The van der Waals surface area contributed by atoms with Gasteiger partial charge in [0.15, 0.2) is 6.61 Å². The summed E-state index contributed by atoms with van der Waals surface area (Å²) in [6, 6.07) is 7.87. The minimum absolute atomic E-state index is 0.00917. The molecule has 1 saturated heterocycles. The second-order valence-corrected chi connectivity index (χ2v) is 6.47. The highest BCUT2D eigenvalue weighted by Crippen LogP contribution is 2.30. The third-order valence-corrected chi connectivity index (χ3v) is 3.60. The Morgan fingerprint density at radius 2 is 2.14 bits per heavy atom. The Balaban J connectivity index is 1.83. The lowest BCUT2D eigenvalue weighted by Crippen LogP contribution is -2.35. The molecule has 4 nitrogen and oxygen atoms in total. The smallest absolute Gasteiger partial charge is 0.258 e. The molecule has 0 aromatic heterocycles. The fourth-order valence-electron chi connectivity index (χ4n) is 2.44. The molecule has 21 heavy (non-hydrogen) atoms. The second-order valence-electron chi connectivity index (χ2n) is 6.47. The van der Waals surface area contributed by atoms with E-state index in [-0.39, 0.29) is 24.0 Å². The minimum atomic E-state index is -0.103. The van der Waals surface area contributed by atoms with Gasteiger partial charge in [-0.15, -0.1) is 0 Å². The van der Waals surface area contributed by atoms with Gasteiger partial charge in [-0.05, 0) is 29.9 Å². The number of rotatable bonds is 5. The van der Waals surface area contributed by atoms with Gasteiger partial charge in [0.05, 0.1) is 6.10 Å². The van der Waals surface area contributed by atoms with E-state index in [1.54, 1.807) is 0 Å². The van der Waals surface area contributed by atoms with Gasteiger partial charge in [-0.2, -0.15) is 0 Å². The first-order valence-electron chi connectivity index (χ1n) is 7.57. The Bertz CT molecular complexity index is 473. The molecule has 4 heteroatoms. The Hall–Kier alpha value is -1.55. The number of hydrogen-bond donors (Lipinski definition) is 1. The number of benzene rings is 1. The molecule has 1 fully saturated rings. The summed E-state index contributed by atoms with van der Waals surface area (Å²) in [5.74, 6) is 0.673. The quantitative estimate of drug-likeness (QED) is 0.907. The molecule has 1 aliphatic rings. The number of carbonyl (C=O) groups excluding carboxylic acids is 1. The topological polar surface area (TPSA) is 47.6 Å². The summed E-state index contributed by atoms with van der Waals surface area (Å²) in [4.78, 5) is 11.8. The molecule has 1 atom stereocenters. The van der Waals surface area contributed by atoms with E-state index in [1.165, 1.54) is 0 Å². The van der Waals surface area contributed by atoms with E-state index in [0.717, 1.165) is 30.8 Å². The van der Waals surface area contributed by atoms with Crippen molar-refractivity contribution in [3.63, 3.8) is 0 Å². The van der Waals surface area contributed by atoms with Gasteiger partial charge >= 0.3 is 0 Å². The molecule has 1 N–H and O–H groups in total. The average Bonchev–Trinajstić information content (AvgIpc) is 2.95. The van der Waals surface area contributed by atoms with Crippen molar-refractivity contribution in [3.8, 4) is 5.75 Å². The first-order chi connectivity index (χ1) is 9.97. The average molecular weight is 291 g/mol. The number of amides is 1. The molecule has 116 valence electrons. The predicted molar refractivity (Wildman–Crippen MR) is 82.6 cm³/mol. The van der Waals surface area contributed by atoms with Crippen LogP contribution in [0.15, 0.2) is 24.3 Å². The highest BCUT2D eigenvalue weighted by atomic mass is 16.5. The van der Waals surface area contributed by atoms with Crippen LogP contribution in [0.4, 0.5) is 0 Å². The molecule has 0 saturated carbocycles. The van der Waals surface area contributed by atoms with Gasteiger partial charge in [0.1, 0.15) is 5.75 Å². The van der Waals surface area contributed by atoms with Crippen molar-refractivity contribution in [2.45, 2.75) is 45.1 Å². The molecule has 0 aliphatic carbocycles. The van der Waals surface area contributed by atoms with E-state index in [2.05, 4.69) is 26.1 Å². The summed E-state index contributed by atoms with van der Waals surface area (Å²) in [5, 5.41) is 2.86. The number of para-hydroxylation sites is 1. The number of hydrogen-bond acceptors (Lipinski definition) is 3. The maximum Gasteiger partial charge on any atom is 0.258 e. The summed E-state index contributed by atoms with van der Waals surface area (Å²) in [7, 11) is 0. The molecule has 1 aliphatic heterocycles. The second kappa shape index (κ2) is 6.94. The van der Waals surface area contributed by atoms with Crippen LogP contribution in [0.3, 0.4) is 0 Å². The lowest BCUT2D eigenvalue weighted by molar-refractivity contribution is -0.123. The number of carbonyl (C=O) groups is 1. The van der Waals surface area contributed by atoms with Crippen LogP contribution >= 0.6 is 0 Å². The molecule has 2 rings (SSSR count). The van der Waals surface area contributed by atoms with E-state index < -0.39 is 0 Å². The molecule has 1 heterocycles. The highest BCUT2D eigenvalue weighted by molar-refractivity contribution is 5.77. The summed E-state index contributed by atoms with van der Waals surface area (Å²) < 4.78 is 11.2. The van der Waals surface area contributed by atoms with Gasteiger partial charge in [0.2, 0.25) is 0 Å². The Morgan fingerprint density at radius 3 is 2.81 bits per heavy atom. The highest BCUT2D eigenvalue weighted by Gasteiger charge is 2.19. The monoisotopic (exact) mass is 291 g/mol. The fourth-order valence-corrected chi connectivity index (χ4v) is 2.44. The van der Waals surface area contributed by atoms with E-state index in [4.69, 9.17) is 9.47 Å². The van der Waals surface area contributed by atoms with Crippen LogP contribution in [0, 0.1) is 0 Å². The molecule has 1 aromatic rings. The summed E-state index contributed by atoms with van der Waals surface area (Å²) in [6.07, 6.45) is 2.26. The largest absolute Gasteiger partial charge is 0.483 e. The molecular weight excluding hydrogens is 266 g/mol. The van der Waals surface area contributed by atoms with Crippen molar-refractivity contribution in [2.24, 2.45) is 0 Å². The molecule has 0 radical (unpaired) electrons. The Kier molecular flexibility index (Phi) is 5.23. The maximum atomic E-state index is 11.8. The van der Waals surface area contributed by atoms with Crippen molar-refractivity contribution in [2.75, 3.05) is 19.8 Å². The van der Waals surface area contributed by atoms with Crippen LogP contribution in [0.1, 0.15) is 39.2 Å². The normalized spacial score (nSPS) is 18.5. The third kappa shape index (κ3) is 4.74. The van der Waals surface area contributed by atoms with E-state index in [0.29, 0.717) is 6.54 Å². The van der Waals surface area contributed by atoms with Crippen LogP contribution in [-0.2, 0) is 14.9 Å². The first kappa shape index (κ1) is 15.8. The van der Waals surface area contributed by atoms with Gasteiger partial charge in [0.25, 0.3) is 5.91 Å². The Morgan fingerprint density at radius 1 is 1.38 bits per heavy atom. The first-order valence-corrected chi connectivity index (χ1v) is 7.57. The standard InChI is InChI=1S/C17H25NO3/c1-17(2,3)14-8-4-5-9-15(14)21-12-16(19)18-11-13-7-6-10-20-13/h4-5,8-9,13H,6-7,10-12H2,1-3H3,(H,18,19)/t13-/m0/s1. The molecule has 0 bridgehead atoms. The number of nitrogens with one attached hydrogen (secondary N) is 1. The SMILES string of the molecule is CC(C)(C)c1ccccc1OCC(=O)NC[C@@H]1CCCO1. The van der Waals surface area contributed by atoms with Crippen LogP contribution in [0.25, 0.3) is 0 Å². The zero-order chi connectivity index (χ0) is 15.3. The van der Waals surface area contributed by atoms with Crippen molar-refractivity contribution >= 4 is 5.91 Å². The van der Waals surface area contributed by atoms with Crippen molar-refractivity contribution in [3.05, 3.63) is 29.8 Å². The Labute approximate surface area is 126 Å². The lowest BCUT2D eigenvalue weighted by Gasteiger charge is -2.22. The van der Waals surface area contributed by atoms with Crippen LogP contribution in [0.5, 0.6) is 5.75 Å². The van der Waals surface area contributed by atoms with Gasteiger partial charge in [0, 0.05) is 13.2 Å². The molecule has 1 aromatic carbocycles. The van der Waals surface area contributed by atoms with Crippen LogP contribution < -0.4 is 10.1 Å². The molecule has 0 spiro atoms. The molecular formula is C17H25NO3. The summed E-state index contributed by atoms with van der Waals surface area (Å²) in [5.41, 5.74) is 1.10. The molecule has 1 amide bonds. The van der Waals surface area contributed by atoms with Crippen molar-refractivity contribution in [1.82, 2.24) is 5.32 Å². The van der Waals surface area contributed by atoms with Gasteiger partial charge < -0.3 is 14.8 Å². The summed E-state index contributed by atoms with van der Waals surface area (Å²) in [6.45, 7) is 7.81. The fraction of sp³-hybridized carbons (Fsp3) is 0.588. The predicted octanol–water partition coefficient (Wildman–Crippen LogP) is 2.66. The van der Waals surface area contributed by atoms with Crippen LogP contribution in [-0.4, -0.2) is 31.8 Å². The zero-order valence-electron chi connectivity index (χ0n) is 13.1. The minimum Gasteiger partial charge on any atom is -0.483 e.